The van der Waals surface area contributed by atoms with E-state index in [0.29, 0.717) is 0 Å². The van der Waals surface area contributed by atoms with Gasteiger partial charge in [0.05, 0.1) is 37.1 Å². The van der Waals surface area contributed by atoms with Gasteiger partial charge in [-0.25, -0.2) is 0 Å². The normalized spacial score (nSPS) is 10.4. The summed E-state index contributed by atoms with van der Waals surface area (Å²) in [5, 5.41) is 0. The molecule has 0 saturated carbocycles. The monoisotopic (exact) mass is 412 g/mol. The summed E-state index contributed by atoms with van der Waals surface area (Å²) >= 11 is 3.71. The van der Waals surface area contributed by atoms with Crippen LogP contribution in [0.4, 0.5) is 0 Å². The van der Waals surface area contributed by atoms with Crippen LogP contribution >= 0.6 is 23.5 Å². The topological polar surface area (TPSA) is 162 Å². The van der Waals surface area contributed by atoms with Crippen molar-refractivity contribution in [3.05, 3.63) is 48.3 Å². The van der Waals surface area contributed by atoms with E-state index in [4.69, 9.17) is 26.4 Å². The fourth-order valence-corrected chi connectivity index (χ4v) is 2.77. The molecule has 0 aliphatic carbocycles. The smallest absolute Gasteiger partial charge is 0.113 e. The summed E-state index contributed by atoms with van der Waals surface area (Å²) in [7, 11) is -5.17. The first kappa shape index (κ1) is 24.1. The zero-order valence-corrected chi connectivity index (χ0v) is 16.2. The lowest BCUT2D eigenvalue weighted by molar-refractivity contribution is -0.360. The van der Waals surface area contributed by atoms with Crippen molar-refractivity contribution in [2.45, 2.75) is 11.5 Å². The molecule has 0 aliphatic heterocycles. The molecule has 0 aromatic carbocycles. The third kappa shape index (κ3) is 19.2. The van der Waals surface area contributed by atoms with Crippen molar-refractivity contribution in [1.82, 2.24) is 0 Å². The van der Waals surface area contributed by atoms with Crippen molar-refractivity contribution in [2.75, 3.05) is 24.6 Å². The minimum absolute atomic E-state index is 0.975. The van der Waals surface area contributed by atoms with E-state index >= 15 is 0 Å². The van der Waals surface area contributed by atoms with Gasteiger partial charge in [0, 0.05) is 21.9 Å². The molecule has 6 N–H and O–H groups in total. The maximum Gasteiger partial charge on any atom is 0.113 e. The molecule has 2 aromatic heterocycles. The maximum atomic E-state index is 8.52. The predicted molar refractivity (Wildman–Crippen MR) is 95.7 cm³/mol. The summed E-state index contributed by atoms with van der Waals surface area (Å²) in [6, 6.07) is 7.83. The van der Waals surface area contributed by atoms with Gasteiger partial charge in [-0.1, -0.05) is 0 Å². The van der Waals surface area contributed by atoms with E-state index in [2.05, 4.69) is 11.5 Å². The SMILES string of the molecule is O=S(=O)([O-])[O-].[NH3+]CCSCc1ccco1.[NH3+]CCSCc1ccco1. The molecule has 0 amide bonds. The van der Waals surface area contributed by atoms with Gasteiger partial charge in [0.15, 0.2) is 0 Å². The van der Waals surface area contributed by atoms with Crippen molar-refractivity contribution < 1.29 is 37.8 Å². The lowest BCUT2D eigenvalue weighted by Gasteiger charge is -2.06. The van der Waals surface area contributed by atoms with Gasteiger partial charge in [0.25, 0.3) is 0 Å². The molecule has 0 fully saturated rings. The summed E-state index contributed by atoms with van der Waals surface area (Å²) in [6.07, 6.45) is 3.42. The highest BCUT2D eigenvalue weighted by Crippen LogP contribution is 2.11. The van der Waals surface area contributed by atoms with Crippen LogP contribution in [0.25, 0.3) is 0 Å². The Morgan fingerprint density at radius 3 is 1.48 bits per heavy atom. The molecule has 11 heteroatoms. The van der Waals surface area contributed by atoms with Crippen LogP contribution in [-0.2, 0) is 21.9 Å². The highest BCUT2D eigenvalue weighted by Gasteiger charge is 1.94. The molecule has 144 valence electrons. The summed E-state index contributed by atoms with van der Waals surface area (Å²) in [4.78, 5) is 0. The maximum absolute atomic E-state index is 8.52. The van der Waals surface area contributed by atoms with Gasteiger partial charge < -0.3 is 29.4 Å². The van der Waals surface area contributed by atoms with E-state index in [0.717, 1.165) is 47.6 Å². The Kier molecular flexibility index (Phi) is 14.7. The standard InChI is InChI=1S/2C7H11NOS.H2O4S/c2*8-3-5-10-6-7-2-1-4-9-7;1-5(2,3)4/h2*1-2,4H,3,5-6,8H2;(H2,1,2,3,4). The average Bonchev–Trinajstić information content (AvgIpc) is 3.20. The van der Waals surface area contributed by atoms with Gasteiger partial charge in [-0.15, -0.1) is 23.5 Å². The van der Waals surface area contributed by atoms with Crippen molar-refractivity contribution in [1.29, 1.82) is 0 Å². The Labute approximate surface area is 156 Å². The molecule has 0 unspecified atom stereocenters. The second-order valence-electron chi connectivity index (χ2n) is 4.38. The van der Waals surface area contributed by atoms with E-state index in [1.54, 1.807) is 12.5 Å². The van der Waals surface area contributed by atoms with Crippen LogP contribution in [0.2, 0.25) is 0 Å². The van der Waals surface area contributed by atoms with Gasteiger partial charge in [-0.3, -0.25) is 8.42 Å². The summed E-state index contributed by atoms with van der Waals surface area (Å²) in [5.74, 6) is 6.28. The number of hydrogen-bond acceptors (Lipinski definition) is 8. The molecule has 2 aromatic rings. The van der Waals surface area contributed by atoms with Gasteiger partial charge in [-0.05, 0) is 24.3 Å². The minimum Gasteiger partial charge on any atom is -0.759 e. The van der Waals surface area contributed by atoms with Crippen molar-refractivity contribution >= 4 is 33.9 Å². The highest BCUT2D eigenvalue weighted by molar-refractivity contribution is 7.98. The molecule has 0 spiro atoms. The molecule has 0 atom stereocenters. The lowest BCUT2D eigenvalue weighted by Crippen LogP contribution is -2.51. The fraction of sp³-hybridized carbons (Fsp3) is 0.429. The number of rotatable bonds is 8. The van der Waals surface area contributed by atoms with Crippen LogP contribution in [-0.4, -0.2) is 42.1 Å². The quantitative estimate of drug-likeness (QED) is 0.352. The minimum atomic E-state index is -5.17. The predicted octanol–water partition coefficient (Wildman–Crippen LogP) is 0.171. The summed E-state index contributed by atoms with van der Waals surface area (Å²) < 4.78 is 44.4. The second kappa shape index (κ2) is 15.3. The first-order valence-corrected chi connectivity index (χ1v) is 11.0. The Morgan fingerprint density at radius 2 is 1.24 bits per heavy atom. The molecular formula is C14H24N2O6S3. The van der Waals surface area contributed by atoms with E-state index in [-0.39, 0.29) is 0 Å². The Balaban J connectivity index is 0.000000368. The van der Waals surface area contributed by atoms with Crippen LogP contribution in [0.5, 0.6) is 0 Å². The Morgan fingerprint density at radius 1 is 0.880 bits per heavy atom. The zero-order chi connectivity index (χ0) is 19.0. The van der Waals surface area contributed by atoms with Crippen molar-refractivity contribution in [2.24, 2.45) is 0 Å². The van der Waals surface area contributed by atoms with Crippen LogP contribution < -0.4 is 11.5 Å². The third-order valence-electron chi connectivity index (χ3n) is 2.23. The fourth-order valence-electron chi connectivity index (χ4n) is 1.34. The third-order valence-corrected chi connectivity index (χ3v) is 4.36. The number of quaternary nitrogens is 2. The summed E-state index contributed by atoms with van der Waals surface area (Å²) in [5.41, 5.74) is 7.51. The van der Waals surface area contributed by atoms with E-state index in [9.17, 15) is 0 Å². The first-order valence-electron chi connectivity index (χ1n) is 7.32. The van der Waals surface area contributed by atoms with Gasteiger partial charge >= 0.3 is 0 Å². The van der Waals surface area contributed by atoms with Crippen LogP contribution in [0.15, 0.2) is 45.6 Å². The van der Waals surface area contributed by atoms with Gasteiger partial charge in [0.2, 0.25) is 0 Å². The van der Waals surface area contributed by atoms with E-state index in [1.807, 2.05) is 47.8 Å². The van der Waals surface area contributed by atoms with Crippen LogP contribution in [0, 0.1) is 0 Å². The molecular weight excluding hydrogens is 388 g/mol. The lowest BCUT2D eigenvalue weighted by atomic mass is 10.5. The highest BCUT2D eigenvalue weighted by atomic mass is 32.3. The first-order chi connectivity index (χ1) is 11.9. The van der Waals surface area contributed by atoms with Crippen molar-refractivity contribution in [3.63, 3.8) is 0 Å². The van der Waals surface area contributed by atoms with E-state index < -0.39 is 10.4 Å². The van der Waals surface area contributed by atoms with Crippen LogP contribution in [0.3, 0.4) is 0 Å². The van der Waals surface area contributed by atoms with E-state index in [1.165, 1.54) is 0 Å². The van der Waals surface area contributed by atoms with Gasteiger partial charge in [-0.2, -0.15) is 0 Å². The number of furan rings is 2. The molecule has 2 rings (SSSR count). The van der Waals surface area contributed by atoms with Crippen LogP contribution in [0.1, 0.15) is 11.5 Å². The number of hydrogen-bond donors (Lipinski definition) is 2. The van der Waals surface area contributed by atoms with Crippen molar-refractivity contribution in [3.8, 4) is 0 Å². The Hall–Kier alpha value is -0.950. The molecule has 2 heterocycles. The molecule has 0 bridgehead atoms. The zero-order valence-electron chi connectivity index (χ0n) is 13.8. The average molecular weight is 413 g/mol. The Bertz CT molecular complexity index is 554. The molecule has 0 aliphatic rings. The largest absolute Gasteiger partial charge is 0.759 e. The molecule has 0 radical (unpaired) electrons. The summed E-state index contributed by atoms with van der Waals surface area (Å²) in [6.45, 7) is 1.98. The molecule has 25 heavy (non-hydrogen) atoms. The molecule has 8 nitrogen and oxygen atoms in total. The second-order valence-corrected chi connectivity index (χ2v) is 7.41. The van der Waals surface area contributed by atoms with Gasteiger partial charge in [0.1, 0.15) is 11.5 Å². The number of thioether (sulfide) groups is 2. The molecule has 0 saturated heterocycles.